The summed E-state index contributed by atoms with van der Waals surface area (Å²) in [4.78, 5) is 14.8. The molecule has 0 radical (unpaired) electrons. The number of carbonyl (C=O) groups is 1. The van der Waals surface area contributed by atoms with E-state index in [4.69, 9.17) is 9.47 Å². The third-order valence-electron chi connectivity index (χ3n) is 2.67. The van der Waals surface area contributed by atoms with Crippen molar-refractivity contribution in [3.8, 4) is 5.75 Å². The number of aromatic amines is 1. The van der Waals surface area contributed by atoms with E-state index < -0.39 is 0 Å². The van der Waals surface area contributed by atoms with Gasteiger partial charge in [-0.3, -0.25) is 0 Å². The Morgan fingerprint density at radius 3 is 2.82 bits per heavy atom. The summed E-state index contributed by atoms with van der Waals surface area (Å²) in [5.74, 6) is 0.163. The van der Waals surface area contributed by atoms with Crippen LogP contribution in [0.1, 0.15) is 23.0 Å². The molecular formula is C13H15NO3. The van der Waals surface area contributed by atoms with Crippen molar-refractivity contribution in [1.82, 2.24) is 4.98 Å². The fourth-order valence-corrected chi connectivity index (χ4v) is 1.94. The van der Waals surface area contributed by atoms with Crippen molar-refractivity contribution in [2.75, 3.05) is 13.7 Å². The molecule has 0 fully saturated rings. The van der Waals surface area contributed by atoms with Gasteiger partial charge in [-0.15, -0.1) is 0 Å². The highest BCUT2D eigenvalue weighted by atomic mass is 16.5. The highest BCUT2D eigenvalue weighted by Crippen LogP contribution is 2.32. The molecule has 1 N–H and O–H groups in total. The van der Waals surface area contributed by atoms with E-state index in [1.807, 2.05) is 25.1 Å². The molecule has 90 valence electrons. The quantitative estimate of drug-likeness (QED) is 0.829. The highest BCUT2D eigenvalue weighted by molar-refractivity contribution is 6.02. The number of ether oxygens (including phenoxy) is 2. The maximum absolute atomic E-state index is 11.8. The van der Waals surface area contributed by atoms with E-state index in [1.165, 1.54) is 0 Å². The summed E-state index contributed by atoms with van der Waals surface area (Å²) in [6.07, 6.45) is 0. The van der Waals surface area contributed by atoms with Crippen molar-refractivity contribution in [2.24, 2.45) is 0 Å². The number of nitrogens with one attached hydrogen (secondary N) is 1. The van der Waals surface area contributed by atoms with Crippen LogP contribution in [0.3, 0.4) is 0 Å². The molecule has 0 amide bonds. The predicted octanol–water partition coefficient (Wildman–Crippen LogP) is 2.66. The van der Waals surface area contributed by atoms with Crippen molar-refractivity contribution in [3.05, 3.63) is 29.5 Å². The second-order valence-corrected chi connectivity index (χ2v) is 3.75. The minimum atomic E-state index is -0.389. The minimum absolute atomic E-state index is 0.344. The Kier molecular flexibility index (Phi) is 3.04. The lowest BCUT2D eigenvalue weighted by Crippen LogP contribution is -2.06. The number of methoxy groups -OCH3 is 1. The average Bonchev–Trinajstić information content (AvgIpc) is 2.69. The van der Waals surface area contributed by atoms with E-state index in [-0.39, 0.29) is 5.97 Å². The number of aromatic nitrogens is 1. The molecule has 17 heavy (non-hydrogen) atoms. The highest BCUT2D eigenvalue weighted by Gasteiger charge is 2.20. The van der Waals surface area contributed by atoms with E-state index >= 15 is 0 Å². The molecule has 0 atom stereocenters. The summed E-state index contributed by atoms with van der Waals surface area (Å²) >= 11 is 0. The first-order chi connectivity index (χ1) is 8.19. The normalized spacial score (nSPS) is 10.5. The number of rotatable bonds is 3. The molecular weight excluding hydrogens is 218 g/mol. The summed E-state index contributed by atoms with van der Waals surface area (Å²) < 4.78 is 10.3. The predicted molar refractivity (Wildman–Crippen MR) is 65.5 cm³/mol. The van der Waals surface area contributed by atoms with Gasteiger partial charge in [-0.1, -0.05) is 12.1 Å². The molecule has 4 nitrogen and oxygen atoms in total. The summed E-state index contributed by atoms with van der Waals surface area (Å²) in [5.41, 5.74) is 2.31. The van der Waals surface area contributed by atoms with Gasteiger partial charge in [0.05, 0.1) is 19.2 Å². The first-order valence-corrected chi connectivity index (χ1v) is 5.51. The molecule has 0 saturated heterocycles. The van der Waals surface area contributed by atoms with E-state index in [2.05, 4.69) is 4.98 Å². The van der Waals surface area contributed by atoms with Crippen LogP contribution in [0.5, 0.6) is 5.75 Å². The van der Waals surface area contributed by atoms with Gasteiger partial charge in [-0.2, -0.15) is 0 Å². The lowest BCUT2D eigenvalue weighted by atomic mass is 10.1. The molecule has 0 spiro atoms. The fourth-order valence-electron chi connectivity index (χ4n) is 1.94. The number of fused-ring (bicyclic) bond motifs is 1. The lowest BCUT2D eigenvalue weighted by molar-refractivity contribution is 0.0517. The number of H-pyrrole nitrogens is 1. The van der Waals surface area contributed by atoms with Crippen LogP contribution in [0.15, 0.2) is 18.2 Å². The Hall–Kier alpha value is -1.97. The molecule has 1 aromatic heterocycles. The van der Waals surface area contributed by atoms with Gasteiger partial charge in [0.2, 0.25) is 0 Å². The monoisotopic (exact) mass is 233 g/mol. The number of carbonyl (C=O) groups excluding carboxylic acids is 1. The van der Waals surface area contributed by atoms with Crippen LogP contribution < -0.4 is 4.74 Å². The molecule has 0 aliphatic rings. The Balaban J connectivity index is 2.64. The summed E-state index contributed by atoms with van der Waals surface area (Å²) in [6, 6.07) is 5.82. The van der Waals surface area contributed by atoms with Crippen LogP contribution in [0.4, 0.5) is 0 Å². The van der Waals surface area contributed by atoms with E-state index in [1.54, 1.807) is 14.0 Å². The third-order valence-corrected chi connectivity index (χ3v) is 2.67. The lowest BCUT2D eigenvalue weighted by Gasteiger charge is -2.03. The summed E-state index contributed by atoms with van der Waals surface area (Å²) in [6.45, 7) is 4.10. The largest absolute Gasteiger partial charge is 0.494 e. The third kappa shape index (κ3) is 1.86. The average molecular weight is 233 g/mol. The van der Waals surface area contributed by atoms with Crippen LogP contribution in [0.2, 0.25) is 0 Å². The van der Waals surface area contributed by atoms with Crippen molar-refractivity contribution in [2.45, 2.75) is 13.8 Å². The molecule has 1 aromatic carbocycles. The van der Waals surface area contributed by atoms with Gasteiger partial charge in [0.15, 0.2) is 11.4 Å². The molecule has 0 aliphatic carbocycles. The first kappa shape index (κ1) is 11.5. The van der Waals surface area contributed by atoms with Gasteiger partial charge in [-0.05, 0) is 25.5 Å². The minimum Gasteiger partial charge on any atom is -0.494 e. The van der Waals surface area contributed by atoms with Crippen molar-refractivity contribution in [1.29, 1.82) is 0 Å². The van der Waals surface area contributed by atoms with Crippen molar-refractivity contribution >= 4 is 16.9 Å². The van der Waals surface area contributed by atoms with Gasteiger partial charge in [0.25, 0.3) is 0 Å². The molecule has 1 heterocycles. The Morgan fingerprint density at radius 1 is 1.41 bits per heavy atom. The Labute approximate surface area is 99.5 Å². The summed E-state index contributed by atoms with van der Waals surface area (Å²) in [7, 11) is 1.55. The number of aryl methyl sites for hydroxylation is 1. The van der Waals surface area contributed by atoms with Crippen LogP contribution >= 0.6 is 0 Å². The smallest absolute Gasteiger partial charge is 0.358 e. The topological polar surface area (TPSA) is 51.3 Å². The molecule has 0 saturated carbocycles. The Bertz CT molecular complexity index is 557. The number of hydrogen-bond acceptors (Lipinski definition) is 3. The van der Waals surface area contributed by atoms with Crippen molar-refractivity contribution < 1.29 is 14.3 Å². The molecule has 4 heteroatoms. The molecule has 0 aliphatic heterocycles. The SMILES string of the molecule is CCOC(=O)c1[nH]c2cccc(C)c2c1OC. The second-order valence-electron chi connectivity index (χ2n) is 3.75. The van der Waals surface area contributed by atoms with Crippen LogP contribution in [0, 0.1) is 6.92 Å². The van der Waals surface area contributed by atoms with E-state index in [0.717, 1.165) is 16.5 Å². The summed E-state index contributed by atoms with van der Waals surface area (Å²) in [5, 5.41) is 0.929. The molecule has 2 aromatic rings. The van der Waals surface area contributed by atoms with Gasteiger partial charge in [0, 0.05) is 5.39 Å². The van der Waals surface area contributed by atoms with Crippen LogP contribution in [-0.4, -0.2) is 24.7 Å². The maximum atomic E-state index is 11.8. The zero-order valence-electron chi connectivity index (χ0n) is 10.2. The first-order valence-electron chi connectivity index (χ1n) is 5.51. The zero-order valence-corrected chi connectivity index (χ0v) is 10.2. The van der Waals surface area contributed by atoms with Gasteiger partial charge < -0.3 is 14.5 Å². The molecule has 0 unspecified atom stereocenters. The fraction of sp³-hybridized carbons (Fsp3) is 0.308. The van der Waals surface area contributed by atoms with Gasteiger partial charge in [-0.25, -0.2) is 4.79 Å². The standard InChI is InChI=1S/C13H15NO3/c1-4-17-13(15)11-12(16-3)10-8(2)6-5-7-9(10)14-11/h5-7,14H,4H2,1-3H3. The molecule has 2 rings (SSSR count). The second kappa shape index (κ2) is 4.49. The van der Waals surface area contributed by atoms with Gasteiger partial charge >= 0.3 is 5.97 Å². The molecule has 0 bridgehead atoms. The maximum Gasteiger partial charge on any atom is 0.358 e. The number of benzene rings is 1. The van der Waals surface area contributed by atoms with Crippen LogP contribution in [0.25, 0.3) is 10.9 Å². The Morgan fingerprint density at radius 2 is 2.18 bits per heavy atom. The van der Waals surface area contributed by atoms with Gasteiger partial charge in [0.1, 0.15) is 0 Å². The van der Waals surface area contributed by atoms with E-state index in [9.17, 15) is 4.79 Å². The van der Waals surface area contributed by atoms with Crippen molar-refractivity contribution in [3.63, 3.8) is 0 Å². The van der Waals surface area contributed by atoms with E-state index in [0.29, 0.717) is 18.1 Å². The van der Waals surface area contributed by atoms with Crippen LogP contribution in [-0.2, 0) is 4.74 Å². The number of hydrogen-bond donors (Lipinski definition) is 1. The number of esters is 1. The zero-order chi connectivity index (χ0) is 12.4.